The van der Waals surface area contributed by atoms with E-state index < -0.39 is 0 Å². The van der Waals surface area contributed by atoms with Crippen LogP contribution in [-0.4, -0.2) is 24.5 Å². The Morgan fingerprint density at radius 1 is 1.12 bits per heavy atom. The van der Waals surface area contributed by atoms with E-state index in [0.717, 1.165) is 51.0 Å². The minimum absolute atomic E-state index is 0.263. The highest BCUT2D eigenvalue weighted by Crippen LogP contribution is 2.45. The Labute approximate surface area is 154 Å². The molecular weight excluding hydrogens is 378 g/mol. The Morgan fingerprint density at radius 3 is 2.88 bits per heavy atom. The van der Waals surface area contributed by atoms with Gasteiger partial charge >= 0.3 is 0 Å². The van der Waals surface area contributed by atoms with Crippen LogP contribution >= 0.6 is 15.9 Å². The molecule has 4 nitrogen and oxygen atoms in total. The van der Waals surface area contributed by atoms with Gasteiger partial charge in [-0.1, -0.05) is 15.9 Å². The van der Waals surface area contributed by atoms with E-state index in [1.807, 2.05) is 24.4 Å². The van der Waals surface area contributed by atoms with E-state index in [9.17, 15) is 4.79 Å². The molecular formula is C20H16BrN3O. The molecule has 0 spiro atoms. The lowest BCUT2D eigenvalue weighted by atomic mass is 10.1. The number of rotatable bonds is 1. The molecule has 0 fully saturated rings. The average molecular weight is 394 g/mol. The second-order valence-corrected chi connectivity index (χ2v) is 7.60. The number of carbonyl (C=O) groups is 1. The summed E-state index contributed by atoms with van der Waals surface area (Å²) in [6.45, 7) is 0.773. The number of ketones is 1. The zero-order valence-corrected chi connectivity index (χ0v) is 15.4. The summed E-state index contributed by atoms with van der Waals surface area (Å²) in [4.78, 5) is 21.1. The fourth-order valence-corrected chi connectivity index (χ4v) is 4.24. The number of nitrogens with zero attached hydrogens (tertiary/aromatic N) is 3. The molecule has 0 N–H and O–H groups in total. The van der Waals surface area contributed by atoms with Gasteiger partial charge in [-0.3, -0.25) is 9.78 Å². The Kier molecular flexibility index (Phi) is 3.16. The Morgan fingerprint density at radius 2 is 2.00 bits per heavy atom. The lowest BCUT2D eigenvalue weighted by Crippen LogP contribution is -2.24. The van der Waals surface area contributed by atoms with Gasteiger partial charge in [0.1, 0.15) is 0 Å². The van der Waals surface area contributed by atoms with Gasteiger partial charge in [0.15, 0.2) is 5.78 Å². The van der Waals surface area contributed by atoms with Gasteiger partial charge in [0.2, 0.25) is 0 Å². The second kappa shape index (κ2) is 5.30. The summed E-state index contributed by atoms with van der Waals surface area (Å²) < 4.78 is 1.05. The van der Waals surface area contributed by atoms with Crippen LogP contribution in [0.4, 0.5) is 17.1 Å². The van der Waals surface area contributed by atoms with Gasteiger partial charge in [0.25, 0.3) is 0 Å². The lowest BCUT2D eigenvalue weighted by Gasteiger charge is -2.21. The Hall–Kier alpha value is -2.40. The zero-order valence-electron chi connectivity index (χ0n) is 13.8. The average Bonchev–Trinajstić information content (AvgIpc) is 3.15. The van der Waals surface area contributed by atoms with Gasteiger partial charge in [-0.05, 0) is 48.4 Å². The van der Waals surface area contributed by atoms with Crippen LogP contribution < -0.4 is 9.80 Å². The van der Waals surface area contributed by atoms with E-state index >= 15 is 0 Å². The molecule has 2 aliphatic rings. The highest BCUT2D eigenvalue weighted by molar-refractivity contribution is 9.10. The molecule has 124 valence electrons. The maximum absolute atomic E-state index is 11.9. The molecule has 1 aliphatic carbocycles. The Bertz CT molecular complexity index is 1050. The second-order valence-electron chi connectivity index (χ2n) is 6.69. The van der Waals surface area contributed by atoms with Crippen molar-refractivity contribution in [2.45, 2.75) is 12.8 Å². The summed E-state index contributed by atoms with van der Waals surface area (Å²) in [5.74, 6) is 0.263. The van der Waals surface area contributed by atoms with Gasteiger partial charge in [-0.15, -0.1) is 0 Å². The highest BCUT2D eigenvalue weighted by Gasteiger charge is 2.29. The van der Waals surface area contributed by atoms with Crippen molar-refractivity contribution in [1.29, 1.82) is 0 Å². The van der Waals surface area contributed by atoms with Crippen molar-refractivity contribution in [1.82, 2.24) is 4.98 Å². The number of carbonyl (C=O) groups excluding carboxylic acids is 1. The van der Waals surface area contributed by atoms with Crippen LogP contribution in [0.15, 0.2) is 47.1 Å². The molecule has 0 bridgehead atoms. The number of Topliss-reactive ketones (excluding diaryl/α,β-unsaturated/α-hetero) is 1. The number of benzene rings is 2. The molecule has 0 atom stereocenters. The third-order valence-electron chi connectivity index (χ3n) is 5.14. The molecule has 2 heterocycles. The fourth-order valence-electron chi connectivity index (χ4n) is 3.88. The monoisotopic (exact) mass is 393 g/mol. The van der Waals surface area contributed by atoms with Gasteiger partial charge in [0.05, 0.1) is 29.8 Å². The van der Waals surface area contributed by atoms with Crippen LogP contribution in [0.2, 0.25) is 0 Å². The van der Waals surface area contributed by atoms with E-state index in [1.165, 1.54) is 5.69 Å². The minimum Gasteiger partial charge on any atom is -0.354 e. The van der Waals surface area contributed by atoms with Gasteiger partial charge < -0.3 is 9.80 Å². The third kappa shape index (κ3) is 2.19. The summed E-state index contributed by atoms with van der Waals surface area (Å²) in [5.41, 5.74) is 6.47. The van der Waals surface area contributed by atoms with Crippen molar-refractivity contribution < 1.29 is 4.79 Å². The third-order valence-corrected chi connectivity index (χ3v) is 5.63. The largest absolute Gasteiger partial charge is 0.354 e. The van der Waals surface area contributed by atoms with Crippen molar-refractivity contribution >= 4 is 49.7 Å². The number of aryl methyl sites for hydroxylation is 1. The quantitative estimate of drug-likeness (QED) is 0.601. The molecule has 5 rings (SSSR count). The van der Waals surface area contributed by atoms with Crippen LogP contribution in [-0.2, 0) is 6.42 Å². The van der Waals surface area contributed by atoms with Crippen LogP contribution in [0.3, 0.4) is 0 Å². The first kappa shape index (κ1) is 14.9. The van der Waals surface area contributed by atoms with Gasteiger partial charge in [0, 0.05) is 34.6 Å². The predicted molar refractivity (Wildman–Crippen MR) is 104 cm³/mol. The number of hydrogen-bond acceptors (Lipinski definition) is 4. The van der Waals surface area contributed by atoms with Crippen molar-refractivity contribution in [2.75, 3.05) is 23.5 Å². The smallest absolute Gasteiger partial charge is 0.163 e. The lowest BCUT2D eigenvalue weighted by molar-refractivity contribution is 0.0994. The van der Waals surface area contributed by atoms with E-state index in [-0.39, 0.29) is 5.78 Å². The molecule has 25 heavy (non-hydrogen) atoms. The molecule has 1 aromatic heterocycles. The number of halogens is 1. The summed E-state index contributed by atoms with van der Waals surface area (Å²) in [6, 6.07) is 12.4. The Balaban J connectivity index is 1.71. The fraction of sp³-hybridized carbons (Fsp3) is 0.200. The SMILES string of the molecule is CN1CN(c2ccc3c(c2)CCC3=O)c2c1cnc1ccc(Br)cc21. The van der Waals surface area contributed by atoms with Crippen LogP contribution in [0.25, 0.3) is 10.9 Å². The number of pyridine rings is 1. The number of hydrogen-bond donors (Lipinski definition) is 0. The summed E-state index contributed by atoms with van der Waals surface area (Å²) >= 11 is 3.58. The van der Waals surface area contributed by atoms with Gasteiger partial charge in [-0.2, -0.15) is 0 Å². The zero-order chi connectivity index (χ0) is 17.1. The minimum atomic E-state index is 0.263. The first-order valence-corrected chi connectivity index (χ1v) is 9.14. The van der Waals surface area contributed by atoms with E-state index in [0.29, 0.717) is 6.42 Å². The molecule has 2 aromatic carbocycles. The molecule has 0 amide bonds. The first-order valence-electron chi connectivity index (χ1n) is 8.35. The maximum Gasteiger partial charge on any atom is 0.163 e. The standard InChI is InChI=1S/C20H16BrN3O/c1-23-11-24(14-4-5-15-12(8-14)2-7-19(15)25)20-16-9-13(21)3-6-17(16)22-10-18(20)23/h3-6,8-10H,2,7,11H2,1H3. The topological polar surface area (TPSA) is 36.4 Å². The summed E-state index contributed by atoms with van der Waals surface area (Å²) in [6.07, 6.45) is 3.43. The van der Waals surface area contributed by atoms with Crippen molar-refractivity contribution in [3.8, 4) is 0 Å². The first-order chi connectivity index (χ1) is 12.1. The number of aromatic nitrogens is 1. The van der Waals surface area contributed by atoms with E-state index in [1.54, 1.807) is 0 Å². The highest BCUT2D eigenvalue weighted by atomic mass is 79.9. The number of fused-ring (bicyclic) bond motifs is 4. The number of anilines is 3. The van der Waals surface area contributed by atoms with Crippen molar-refractivity contribution in [3.63, 3.8) is 0 Å². The van der Waals surface area contributed by atoms with Crippen LogP contribution in [0.5, 0.6) is 0 Å². The maximum atomic E-state index is 11.9. The molecule has 5 heteroatoms. The summed E-state index contributed by atoms with van der Waals surface area (Å²) in [7, 11) is 2.08. The molecule has 1 aliphatic heterocycles. The molecule has 0 saturated heterocycles. The van der Waals surface area contributed by atoms with E-state index in [4.69, 9.17) is 0 Å². The van der Waals surface area contributed by atoms with Gasteiger partial charge in [-0.25, -0.2) is 0 Å². The van der Waals surface area contributed by atoms with E-state index in [2.05, 4.69) is 56.0 Å². The van der Waals surface area contributed by atoms with Crippen LogP contribution in [0, 0.1) is 0 Å². The molecule has 3 aromatic rings. The molecule has 0 unspecified atom stereocenters. The van der Waals surface area contributed by atoms with Crippen molar-refractivity contribution in [2.24, 2.45) is 0 Å². The van der Waals surface area contributed by atoms with Crippen molar-refractivity contribution in [3.05, 3.63) is 58.2 Å². The molecule has 0 saturated carbocycles. The van der Waals surface area contributed by atoms with Crippen LogP contribution in [0.1, 0.15) is 22.3 Å². The normalized spacial score (nSPS) is 15.8. The summed E-state index contributed by atoms with van der Waals surface area (Å²) in [5, 5.41) is 1.13. The predicted octanol–water partition coefficient (Wildman–Crippen LogP) is 4.67. The molecule has 0 radical (unpaired) electrons.